The molecule has 2 heterocycles. The van der Waals surface area contributed by atoms with Crippen molar-refractivity contribution < 1.29 is 19.4 Å². The van der Waals surface area contributed by atoms with Gasteiger partial charge in [0, 0.05) is 18.0 Å². The number of hydrogen-bond donors (Lipinski definition) is 2. The van der Waals surface area contributed by atoms with Gasteiger partial charge in [0.1, 0.15) is 16.8 Å². The van der Waals surface area contributed by atoms with Gasteiger partial charge < -0.3 is 15.2 Å². The van der Waals surface area contributed by atoms with Crippen LogP contribution in [0.5, 0.6) is 0 Å². The van der Waals surface area contributed by atoms with E-state index >= 15 is 0 Å². The number of hydrogen-bond acceptors (Lipinski definition) is 5. The number of nitrogens with one attached hydrogen (secondary N) is 1. The maximum atomic E-state index is 12.0. The van der Waals surface area contributed by atoms with Crippen molar-refractivity contribution in [3.05, 3.63) is 16.1 Å². The lowest BCUT2D eigenvalue weighted by Crippen LogP contribution is -2.46. The van der Waals surface area contributed by atoms with Gasteiger partial charge in [0.25, 0.3) is 5.91 Å². The summed E-state index contributed by atoms with van der Waals surface area (Å²) in [4.78, 5) is 27.0. The molecule has 3 rings (SSSR count). The molecular formula is C13H16N2O4S. The smallest absolute Gasteiger partial charge is 0.306 e. The fraction of sp³-hybridized carbons (Fsp3) is 0.615. The maximum Gasteiger partial charge on any atom is 0.306 e. The van der Waals surface area contributed by atoms with Gasteiger partial charge in [0.05, 0.1) is 5.92 Å². The number of carboxylic acid groups (broad SMARTS) is 1. The van der Waals surface area contributed by atoms with Crippen LogP contribution in [-0.2, 0) is 9.53 Å². The van der Waals surface area contributed by atoms with E-state index in [9.17, 15) is 9.59 Å². The zero-order chi connectivity index (χ0) is 14.1. The number of carboxylic acids is 1. The zero-order valence-corrected chi connectivity index (χ0v) is 11.7. The van der Waals surface area contributed by atoms with Gasteiger partial charge in [0.15, 0.2) is 0 Å². The third kappa shape index (κ3) is 2.69. The molecule has 1 aromatic heterocycles. The van der Waals surface area contributed by atoms with E-state index in [0.29, 0.717) is 18.5 Å². The Bertz CT molecular complexity index is 518. The summed E-state index contributed by atoms with van der Waals surface area (Å²) in [5.41, 5.74) is 0.402. The standard InChI is InChI=1S/C13H16N2O4S/c16-11(14-8-4-7(5-8)13(17)18)9-6-20-12(15-9)10-2-1-3-19-10/h6-8,10H,1-5H2,(H,14,16)(H,17,18). The van der Waals surface area contributed by atoms with Gasteiger partial charge in [-0.3, -0.25) is 9.59 Å². The molecule has 6 nitrogen and oxygen atoms in total. The van der Waals surface area contributed by atoms with Crippen molar-refractivity contribution in [3.8, 4) is 0 Å². The summed E-state index contributed by atoms with van der Waals surface area (Å²) in [6.07, 6.45) is 3.02. The molecule has 0 bridgehead atoms. The van der Waals surface area contributed by atoms with Gasteiger partial charge in [-0.05, 0) is 25.7 Å². The van der Waals surface area contributed by atoms with Crippen molar-refractivity contribution >= 4 is 23.2 Å². The lowest BCUT2D eigenvalue weighted by atomic mass is 9.80. The van der Waals surface area contributed by atoms with Gasteiger partial charge in [-0.25, -0.2) is 4.98 Å². The average Bonchev–Trinajstić information content (AvgIpc) is 3.01. The van der Waals surface area contributed by atoms with Gasteiger partial charge in [-0.15, -0.1) is 11.3 Å². The number of nitrogens with zero attached hydrogens (tertiary/aromatic N) is 1. The van der Waals surface area contributed by atoms with Crippen molar-refractivity contribution in [3.63, 3.8) is 0 Å². The minimum absolute atomic E-state index is 0.0293. The van der Waals surface area contributed by atoms with Crippen molar-refractivity contribution in [2.24, 2.45) is 5.92 Å². The Labute approximate surface area is 120 Å². The molecule has 1 saturated carbocycles. The highest BCUT2D eigenvalue weighted by Crippen LogP contribution is 2.31. The van der Waals surface area contributed by atoms with Crippen molar-refractivity contribution in [2.45, 2.75) is 37.8 Å². The quantitative estimate of drug-likeness (QED) is 0.880. The van der Waals surface area contributed by atoms with Crippen LogP contribution >= 0.6 is 11.3 Å². The predicted octanol–water partition coefficient (Wildman–Crippen LogP) is 1.59. The fourth-order valence-corrected chi connectivity index (χ4v) is 3.39. The summed E-state index contributed by atoms with van der Waals surface area (Å²) in [6, 6.07) is -0.0449. The predicted molar refractivity (Wildman–Crippen MR) is 71.7 cm³/mol. The second kappa shape index (κ2) is 5.49. The Hall–Kier alpha value is -1.47. The molecule has 1 amide bonds. The molecule has 2 fully saturated rings. The summed E-state index contributed by atoms with van der Waals surface area (Å²) < 4.78 is 5.54. The molecule has 1 atom stereocenters. The summed E-state index contributed by atoms with van der Waals surface area (Å²) in [5.74, 6) is -1.33. The van der Waals surface area contributed by atoms with E-state index in [2.05, 4.69) is 10.3 Å². The van der Waals surface area contributed by atoms with Crippen molar-refractivity contribution in [1.82, 2.24) is 10.3 Å². The average molecular weight is 296 g/mol. The van der Waals surface area contributed by atoms with E-state index in [4.69, 9.17) is 9.84 Å². The number of carbonyl (C=O) groups is 2. The first-order valence-electron chi connectivity index (χ1n) is 6.74. The normalized spacial score (nSPS) is 28.9. The minimum Gasteiger partial charge on any atom is -0.481 e. The van der Waals surface area contributed by atoms with Crippen LogP contribution in [0.25, 0.3) is 0 Å². The highest BCUT2D eigenvalue weighted by molar-refractivity contribution is 7.09. The number of amides is 1. The molecule has 1 aliphatic heterocycles. The molecule has 2 aliphatic rings. The number of carbonyl (C=O) groups excluding carboxylic acids is 1. The molecule has 20 heavy (non-hydrogen) atoms. The lowest BCUT2D eigenvalue weighted by Gasteiger charge is -2.32. The van der Waals surface area contributed by atoms with E-state index in [0.717, 1.165) is 24.5 Å². The molecule has 108 valence electrons. The molecule has 0 radical (unpaired) electrons. The number of ether oxygens (including phenoxy) is 1. The summed E-state index contributed by atoms with van der Waals surface area (Å²) in [5, 5.41) is 14.2. The largest absolute Gasteiger partial charge is 0.481 e. The number of aromatic nitrogens is 1. The van der Waals surface area contributed by atoms with E-state index in [-0.39, 0.29) is 24.0 Å². The highest BCUT2D eigenvalue weighted by Gasteiger charge is 2.35. The molecular weight excluding hydrogens is 280 g/mol. The van der Waals surface area contributed by atoms with Crippen LogP contribution in [-0.4, -0.2) is 34.6 Å². The van der Waals surface area contributed by atoms with Crippen LogP contribution in [0, 0.1) is 5.92 Å². The SMILES string of the molecule is O=C(NC1CC(C(=O)O)C1)c1csc(C2CCCO2)n1. The van der Waals surface area contributed by atoms with Gasteiger partial charge in [-0.2, -0.15) is 0 Å². The lowest BCUT2D eigenvalue weighted by molar-refractivity contribution is -0.145. The zero-order valence-electron chi connectivity index (χ0n) is 10.9. The van der Waals surface area contributed by atoms with Crippen molar-refractivity contribution in [2.75, 3.05) is 6.61 Å². The summed E-state index contributed by atoms with van der Waals surface area (Å²) in [7, 11) is 0. The van der Waals surface area contributed by atoms with E-state index in [1.165, 1.54) is 11.3 Å². The first-order chi connectivity index (χ1) is 9.63. The second-order valence-corrected chi connectivity index (χ2v) is 6.14. The van der Waals surface area contributed by atoms with Crippen LogP contribution in [0.4, 0.5) is 0 Å². The third-order valence-corrected chi connectivity index (χ3v) is 4.72. The second-order valence-electron chi connectivity index (χ2n) is 5.25. The molecule has 0 aromatic carbocycles. The Morgan fingerprint density at radius 2 is 2.25 bits per heavy atom. The first-order valence-corrected chi connectivity index (χ1v) is 7.62. The Morgan fingerprint density at radius 1 is 1.45 bits per heavy atom. The van der Waals surface area contributed by atoms with Crippen LogP contribution in [0.1, 0.15) is 47.3 Å². The van der Waals surface area contributed by atoms with Crippen molar-refractivity contribution in [1.29, 1.82) is 0 Å². The first kappa shape index (κ1) is 13.5. The molecule has 1 aliphatic carbocycles. The van der Waals surface area contributed by atoms with Gasteiger partial charge in [0.2, 0.25) is 0 Å². The monoisotopic (exact) mass is 296 g/mol. The Balaban J connectivity index is 1.54. The molecule has 1 aromatic rings. The molecule has 1 saturated heterocycles. The summed E-state index contributed by atoms with van der Waals surface area (Å²) >= 11 is 1.44. The van der Waals surface area contributed by atoms with Crippen LogP contribution in [0.2, 0.25) is 0 Å². The fourth-order valence-electron chi connectivity index (χ4n) is 2.51. The number of aliphatic carboxylic acids is 1. The van der Waals surface area contributed by atoms with Crippen LogP contribution in [0.15, 0.2) is 5.38 Å². The Morgan fingerprint density at radius 3 is 2.90 bits per heavy atom. The number of thiazole rings is 1. The maximum absolute atomic E-state index is 12.0. The van der Waals surface area contributed by atoms with E-state index in [1.807, 2.05) is 0 Å². The van der Waals surface area contributed by atoms with Gasteiger partial charge in [-0.1, -0.05) is 0 Å². The van der Waals surface area contributed by atoms with E-state index in [1.54, 1.807) is 5.38 Å². The third-order valence-electron chi connectivity index (χ3n) is 3.78. The molecule has 2 N–H and O–H groups in total. The van der Waals surface area contributed by atoms with E-state index < -0.39 is 5.97 Å². The topological polar surface area (TPSA) is 88.5 Å². The summed E-state index contributed by atoms with van der Waals surface area (Å²) in [6.45, 7) is 0.754. The van der Waals surface area contributed by atoms with Crippen LogP contribution in [0.3, 0.4) is 0 Å². The number of rotatable bonds is 4. The minimum atomic E-state index is -0.787. The van der Waals surface area contributed by atoms with Gasteiger partial charge >= 0.3 is 5.97 Å². The Kier molecular flexibility index (Phi) is 3.71. The molecule has 7 heteroatoms. The molecule has 1 unspecified atom stereocenters. The molecule has 0 spiro atoms. The van der Waals surface area contributed by atoms with Crippen LogP contribution < -0.4 is 5.32 Å². The highest BCUT2D eigenvalue weighted by atomic mass is 32.1.